The van der Waals surface area contributed by atoms with E-state index in [1.165, 1.54) is 11.1 Å². The second-order valence-corrected chi connectivity index (χ2v) is 11.8. The number of carbonyl (C=O) groups excluding carboxylic acids is 1. The number of hydrogen-bond donors (Lipinski definition) is 1. The molecule has 2 aromatic carbocycles. The number of rotatable bonds is 7. The minimum atomic E-state index is -0.954. The molecule has 0 radical (unpaired) electrons. The number of likely N-dealkylation sites (N-methyl/N-ethyl adjacent to an activating group) is 1. The predicted octanol–water partition coefficient (Wildman–Crippen LogP) is 4.23. The van der Waals surface area contributed by atoms with E-state index in [9.17, 15) is 9.90 Å². The van der Waals surface area contributed by atoms with Gasteiger partial charge < -0.3 is 23.9 Å². The normalized spacial score (nSPS) is 30.1. The fourth-order valence-electron chi connectivity index (χ4n) is 8.16. The summed E-state index contributed by atoms with van der Waals surface area (Å²) in [6.45, 7) is 1.78. The Morgan fingerprint density at radius 2 is 2.05 bits per heavy atom. The van der Waals surface area contributed by atoms with Crippen LogP contribution in [0.3, 0.4) is 0 Å². The van der Waals surface area contributed by atoms with Crippen molar-refractivity contribution in [3.05, 3.63) is 89.4 Å². The SMILES string of the molecule is COc1ccc2c3c1O[C@H]1[C@@H](N(C)C(=O)/C=C/c4ccoc4)CC[C@@]4(O)[C@@H](C2)N(CCc2ccccc2)CC[C@]314. The highest BCUT2D eigenvalue weighted by atomic mass is 16.5. The zero-order valence-corrected chi connectivity index (χ0v) is 23.1. The third-order valence-corrected chi connectivity index (χ3v) is 10.1. The third-order valence-electron chi connectivity index (χ3n) is 10.1. The molecule has 1 aromatic heterocycles. The number of ether oxygens (including phenoxy) is 2. The zero-order chi connectivity index (χ0) is 27.5. The molecule has 3 heterocycles. The lowest BCUT2D eigenvalue weighted by Crippen LogP contribution is -2.78. The molecule has 1 amide bonds. The molecule has 4 aliphatic rings. The van der Waals surface area contributed by atoms with Crippen LogP contribution in [0.15, 0.2) is 71.6 Å². The van der Waals surface area contributed by atoms with Gasteiger partial charge in [0.25, 0.3) is 0 Å². The topological polar surface area (TPSA) is 75.4 Å². The first-order chi connectivity index (χ1) is 19.5. The number of likely N-dealkylation sites (tertiary alicyclic amines) is 1. The van der Waals surface area contributed by atoms with Gasteiger partial charge in [-0.15, -0.1) is 0 Å². The summed E-state index contributed by atoms with van der Waals surface area (Å²) in [6.07, 6.45) is 9.99. The molecule has 1 N–H and O–H groups in total. The van der Waals surface area contributed by atoms with E-state index in [4.69, 9.17) is 13.9 Å². The summed E-state index contributed by atoms with van der Waals surface area (Å²) in [6, 6.07) is 16.4. The third kappa shape index (κ3) is 3.60. The smallest absolute Gasteiger partial charge is 0.246 e. The molecule has 1 spiro atoms. The molecule has 7 nitrogen and oxygen atoms in total. The number of aliphatic hydroxyl groups is 1. The molecule has 208 valence electrons. The Balaban J connectivity index is 1.24. The van der Waals surface area contributed by atoms with E-state index in [-0.39, 0.29) is 24.1 Å². The highest BCUT2D eigenvalue weighted by Crippen LogP contribution is 2.65. The monoisotopic (exact) mass is 540 g/mol. The second-order valence-electron chi connectivity index (χ2n) is 11.8. The quantitative estimate of drug-likeness (QED) is 0.453. The summed E-state index contributed by atoms with van der Waals surface area (Å²) >= 11 is 0. The Morgan fingerprint density at radius 1 is 1.20 bits per heavy atom. The average Bonchev–Trinajstić information content (AvgIpc) is 3.62. The maximum Gasteiger partial charge on any atom is 0.246 e. The zero-order valence-electron chi connectivity index (χ0n) is 23.1. The van der Waals surface area contributed by atoms with Gasteiger partial charge in [-0.2, -0.15) is 0 Å². The minimum Gasteiger partial charge on any atom is -0.493 e. The van der Waals surface area contributed by atoms with Gasteiger partial charge in [0.15, 0.2) is 11.5 Å². The first-order valence-electron chi connectivity index (χ1n) is 14.3. The van der Waals surface area contributed by atoms with Crippen molar-refractivity contribution in [2.45, 2.75) is 61.3 Å². The largest absolute Gasteiger partial charge is 0.493 e. The molecule has 0 unspecified atom stereocenters. The van der Waals surface area contributed by atoms with E-state index in [1.807, 2.05) is 19.2 Å². The Hall–Kier alpha value is -3.55. The van der Waals surface area contributed by atoms with Gasteiger partial charge in [0.2, 0.25) is 5.91 Å². The molecule has 2 fully saturated rings. The first kappa shape index (κ1) is 25.4. The van der Waals surface area contributed by atoms with E-state index < -0.39 is 11.0 Å². The molecule has 1 saturated heterocycles. The predicted molar refractivity (Wildman–Crippen MR) is 151 cm³/mol. The van der Waals surface area contributed by atoms with Crippen LogP contribution in [-0.2, 0) is 23.1 Å². The van der Waals surface area contributed by atoms with Crippen LogP contribution in [0.4, 0.5) is 0 Å². The summed E-state index contributed by atoms with van der Waals surface area (Å²) < 4.78 is 17.7. The van der Waals surface area contributed by atoms with Gasteiger partial charge >= 0.3 is 0 Å². The first-order valence-corrected chi connectivity index (χ1v) is 14.3. The van der Waals surface area contributed by atoms with Crippen LogP contribution in [0.2, 0.25) is 0 Å². The average molecular weight is 541 g/mol. The van der Waals surface area contributed by atoms with Crippen LogP contribution < -0.4 is 9.47 Å². The molecule has 2 bridgehead atoms. The van der Waals surface area contributed by atoms with Crippen LogP contribution in [0, 0.1) is 0 Å². The molecular formula is C33H36N2O5. The van der Waals surface area contributed by atoms with Crippen molar-refractivity contribution in [1.82, 2.24) is 9.80 Å². The van der Waals surface area contributed by atoms with Crippen LogP contribution >= 0.6 is 0 Å². The molecule has 2 aliphatic carbocycles. The van der Waals surface area contributed by atoms with E-state index in [0.717, 1.165) is 49.2 Å². The van der Waals surface area contributed by atoms with Crippen LogP contribution in [-0.4, -0.2) is 71.8 Å². The highest BCUT2D eigenvalue weighted by molar-refractivity contribution is 5.92. The van der Waals surface area contributed by atoms with Crippen LogP contribution in [0.5, 0.6) is 11.5 Å². The lowest BCUT2D eigenvalue weighted by molar-refractivity contribution is -0.199. The second kappa shape index (κ2) is 9.53. The fraction of sp³-hybridized carbons (Fsp3) is 0.424. The molecule has 1 saturated carbocycles. The Labute approximate surface area is 235 Å². The van der Waals surface area contributed by atoms with Crippen molar-refractivity contribution in [3.8, 4) is 11.5 Å². The van der Waals surface area contributed by atoms with Gasteiger partial charge in [-0.3, -0.25) is 9.69 Å². The fourth-order valence-corrected chi connectivity index (χ4v) is 8.16. The number of furan rings is 1. The maximum absolute atomic E-state index is 13.4. The van der Waals surface area contributed by atoms with Gasteiger partial charge in [-0.25, -0.2) is 0 Å². The highest BCUT2D eigenvalue weighted by Gasteiger charge is 2.73. The number of benzene rings is 2. The molecule has 40 heavy (non-hydrogen) atoms. The molecule has 3 aromatic rings. The Bertz CT molecular complexity index is 1440. The van der Waals surface area contributed by atoms with Gasteiger partial charge in [0.05, 0.1) is 36.7 Å². The van der Waals surface area contributed by atoms with E-state index in [2.05, 4.69) is 41.3 Å². The maximum atomic E-state index is 13.4. The number of amides is 1. The van der Waals surface area contributed by atoms with Crippen molar-refractivity contribution in [2.75, 3.05) is 27.2 Å². The molecule has 2 aliphatic heterocycles. The Kier molecular flexibility index (Phi) is 6.06. The van der Waals surface area contributed by atoms with E-state index in [0.29, 0.717) is 18.6 Å². The summed E-state index contributed by atoms with van der Waals surface area (Å²) in [5.41, 5.74) is 2.95. The van der Waals surface area contributed by atoms with Gasteiger partial charge in [0, 0.05) is 36.8 Å². The standard InChI is InChI=1S/C33H36N2O5/c1-34(28(36)11-8-23-14-19-39-21-23)25-12-15-33(37)27-20-24-9-10-26(38-2)30-29(24)32(33,31(25)40-30)16-18-35(27)17-13-22-6-4-3-5-7-22/h3-11,14,19,21,25,27,31,37H,12-13,15-18,20H2,1-2H3/b11-8+/t25-,27+,31-,32-,33+/m0/s1. The van der Waals surface area contributed by atoms with Gasteiger partial charge in [-0.05, 0) is 68.0 Å². The van der Waals surface area contributed by atoms with Crippen molar-refractivity contribution in [3.63, 3.8) is 0 Å². The number of hydrogen-bond acceptors (Lipinski definition) is 6. The Morgan fingerprint density at radius 3 is 2.83 bits per heavy atom. The lowest BCUT2D eigenvalue weighted by atomic mass is 9.48. The van der Waals surface area contributed by atoms with Crippen molar-refractivity contribution in [1.29, 1.82) is 0 Å². The lowest BCUT2D eigenvalue weighted by Gasteiger charge is -2.64. The van der Waals surface area contributed by atoms with Gasteiger partial charge in [-0.1, -0.05) is 36.4 Å². The van der Waals surface area contributed by atoms with Crippen LogP contribution in [0.1, 0.15) is 41.5 Å². The van der Waals surface area contributed by atoms with Crippen molar-refractivity contribution < 1.29 is 23.8 Å². The number of carbonyl (C=O) groups is 1. The molecule has 7 rings (SSSR count). The molecular weight excluding hydrogens is 504 g/mol. The molecule has 5 atom stereocenters. The summed E-state index contributed by atoms with van der Waals surface area (Å²) in [5.74, 6) is 1.36. The number of methoxy groups -OCH3 is 1. The summed E-state index contributed by atoms with van der Waals surface area (Å²) in [5, 5.41) is 12.8. The van der Waals surface area contributed by atoms with Crippen LogP contribution in [0.25, 0.3) is 6.08 Å². The van der Waals surface area contributed by atoms with Crippen molar-refractivity contribution in [2.24, 2.45) is 0 Å². The van der Waals surface area contributed by atoms with Gasteiger partial charge in [0.1, 0.15) is 6.10 Å². The van der Waals surface area contributed by atoms with E-state index in [1.54, 1.807) is 36.7 Å². The summed E-state index contributed by atoms with van der Waals surface area (Å²) in [7, 11) is 3.52. The van der Waals surface area contributed by atoms with Crippen molar-refractivity contribution >= 4 is 12.0 Å². The minimum absolute atomic E-state index is 0.00847. The number of nitrogens with zero attached hydrogens (tertiary/aromatic N) is 2. The summed E-state index contributed by atoms with van der Waals surface area (Å²) in [4.78, 5) is 17.7. The van der Waals surface area contributed by atoms with E-state index >= 15 is 0 Å². The molecule has 7 heteroatoms. The number of piperidine rings is 1.